The highest BCUT2D eigenvalue weighted by molar-refractivity contribution is 5.33. The molecule has 0 aromatic heterocycles. The van der Waals surface area contributed by atoms with Crippen molar-refractivity contribution in [2.24, 2.45) is 11.8 Å². The third-order valence-electron chi connectivity index (χ3n) is 3.36. The molecule has 2 heteroatoms. The number of rotatable bonds is 3. The Balaban J connectivity index is 2.02. The Morgan fingerprint density at radius 3 is 2.88 bits per heavy atom. The van der Waals surface area contributed by atoms with E-state index in [1.165, 1.54) is 18.5 Å². The fourth-order valence-electron chi connectivity index (χ4n) is 2.61. The second kappa shape index (κ2) is 5.35. The number of methoxy groups -OCH3 is 1. The van der Waals surface area contributed by atoms with Crippen LogP contribution in [0.15, 0.2) is 24.3 Å². The lowest BCUT2D eigenvalue weighted by Crippen LogP contribution is -2.35. The van der Waals surface area contributed by atoms with Gasteiger partial charge in [0.2, 0.25) is 0 Å². The summed E-state index contributed by atoms with van der Waals surface area (Å²) in [6.07, 6.45) is 2.45. The predicted molar refractivity (Wildman–Crippen MR) is 66.8 cm³/mol. The standard InChI is InChI=1S/C14H21NO/c1-11-7-12(10-15-9-11)8-13-5-3-4-6-14(13)16-2/h3-6,11-12,15H,7-10H2,1-2H3. The Morgan fingerprint density at radius 1 is 1.31 bits per heavy atom. The van der Waals surface area contributed by atoms with E-state index in [0.717, 1.165) is 30.6 Å². The molecule has 0 radical (unpaired) electrons. The Hall–Kier alpha value is -1.02. The number of benzene rings is 1. The van der Waals surface area contributed by atoms with Gasteiger partial charge in [-0.2, -0.15) is 0 Å². The van der Waals surface area contributed by atoms with Crippen LogP contribution in [-0.2, 0) is 6.42 Å². The zero-order valence-corrected chi connectivity index (χ0v) is 10.2. The molecule has 16 heavy (non-hydrogen) atoms. The van der Waals surface area contributed by atoms with Crippen molar-refractivity contribution >= 4 is 0 Å². The molecular weight excluding hydrogens is 198 g/mol. The minimum Gasteiger partial charge on any atom is -0.496 e. The molecule has 0 aliphatic carbocycles. The van der Waals surface area contributed by atoms with Crippen LogP contribution in [0.1, 0.15) is 18.9 Å². The quantitative estimate of drug-likeness (QED) is 0.843. The van der Waals surface area contributed by atoms with E-state index in [-0.39, 0.29) is 0 Å². The maximum atomic E-state index is 5.39. The number of piperidine rings is 1. The SMILES string of the molecule is COc1ccccc1CC1CNCC(C)C1. The number of ether oxygens (including phenoxy) is 1. The second-order valence-corrected chi connectivity index (χ2v) is 4.88. The van der Waals surface area contributed by atoms with E-state index in [4.69, 9.17) is 4.74 Å². The Labute approximate surface area is 98.0 Å². The summed E-state index contributed by atoms with van der Waals surface area (Å²) in [4.78, 5) is 0. The number of nitrogens with one attached hydrogen (secondary N) is 1. The molecule has 2 atom stereocenters. The van der Waals surface area contributed by atoms with E-state index in [2.05, 4.69) is 30.4 Å². The average molecular weight is 219 g/mol. The summed E-state index contributed by atoms with van der Waals surface area (Å²) in [6, 6.07) is 8.36. The molecule has 0 amide bonds. The third-order valence-corrected chi connectivity index (χ3v) is 3.36. The van der Waals surface area contributed by atoms with Crippen molar-refractivity contribution < 1.29 is 4.74 Å². The fraction of sp³-hybridized carbons (Fsp3) is 0.571. The molecule has 0 spiro atoms. The van der Waals surface area contributed by atoms with Crippen LogP contribution in [0.4, 0.5) is 0 Å². The summed E-state index contributed by atoms with van der Waals surface area (Å²) in [5.41, 5.74) is 1.34. The monoisotopic (exact) mass is 219 g/mol. The first-order chi connectivity index (χ1) is 7.79. The molecule has 1 aliphatic heterocycles. The molecule has 1 aliphatic rings. The van der Waals surface area contributed by atoms with Gasteiger partial charge in [0, 0.05) is 0 Å². The lowest BCUT2D eigenvalue weighted by Gasteiger charge is -2.28. The fourth-order valence-corrected chi connectivity index (χ4v) is 2.61. The van der Waals surface area contributed by atoms with Crippen LogP contribution in [-0.4, -0.2) is 20.2 Å². The van der Waals surface area contributed by atoms with Gasteiger partial charge in [-0.25, -0.2) is 0 Å². The highest BCUT2D eigenvalue weighted by Crippen LogP contribution is 2.25. The first-order valence-corrected chi connectivity index (χ1v) is 6.12. The molecule has 2 unspecified atom stereocenters. The smallest absolute Gasteiger partial charge is 0.122 e. The van der Waals surface area contributed by atoms with Gasteiger partial charge in [-0.15, -0.1) is 0 Å². The van der Waals surface area contributed by atoms with Gasteiger partial charge in [0.15, 0.2) is 0 Å². The van der Waals surface area contributed by atoms with Crippen molar-refractivity contribution in [3.63, 3.8) is 0 Å². The van der Waals surface area contributed by atoms with Gasteiger partial charge < -0.3 is 10.1 Å². The maximum absolute atomic E-state index is 5.39. The normalized spacial score (nSPS) is 25.4. The molecule has 1 aromatic rings. The zero-order chi connectivity index (χ0) is 11.4. The van der Waals surface area contributed by atoms with Crippen LogP contribution in [0.3, 0.4) is 0 Å². The van der Waals surface area contributed by atoms with E-state index in [1.54, 1.807) is 7.11 Å². The second-order valence-electron chi connectivity index (χ2n) is 4.88. The molecule has 1 saturated heterocycles. The van der Waals surface area contributed by atoms with Crippen LogP contribution in [0.5, 0.6) is 5.75 Å². The largest absolute Gasteiger partial charge is 0.496 e. The molecule has 2 rings (SSSR count). The van der Waals surface area contributed by atoms with Crippen molar-refractivity contribution in [2.45, 2.75) is 19.8 Å². The van der Waals surface area contributed by atoms with Gasteiger partial charge in [0.1, 0.15) is 5.75 Å². The molecule has 1 N–H and O–H groups in total. The van der Waals surface area contributed by atoms with Gasteiger partial charge in [-0.3, -0.25) is 0 Å². The number of para-hydroxylation sites is 1. The molecule has 2 nitrogen and oxygen atoms in total. The highest BCUT2D eigenvalue weighted by atomic mass is 16.5. The summed E-state index contributed by atoms with van der Waals surface area (Å²) in [5, 5.41) is 3.50. The van der Waals surface area contributed by atoms with Crippen LogP contribution in [0, 0.1) is 11.8 Å². The van der Waals surface area contributed by atoms with E-state index in [0.29, 0.717) is 0 Å². The van der Waals surface area contributed by atoms with Crippen LogP contribution < -0.4 is 10.1 Å². The average Bonchev–Trinajstić information content (AvgIpc) is 2.30. The molecule has 1 fully saturated rings. The van der Waals surface area contributed by atoms with Gasteiger partial charge in [0.25, 0.3) is 0 Å². The van der Waals surface area contributed by atoms with Crippen LogP contribution in [0.2, 0.25) is 0 Å². The topological polar surface area (TPSA) is 21.3 Å². The van der Waals surface area contributed by atoms with Gasteiger partial charge in [-0.1, -0.05) is 25.1 Å². The van der Waals surface area contributed by atoms with E-state index >= 15 is 0 Å². The molecule has 1 aromatic carbocycles. The number of hydrogen-bond acceptors (Lipinski definition) is 2. The Bertz CT molecular complexity index is 337. The summed E-state index contributed by atoms with van der Waals surface area (Å²) in [6.45, 7) is 4.63. The van der Waals surface area contributed by atoms with Crippen molar-refractivity contribution in [1.29, 1.82) is 0 Å². The first kappa shape index (κ1) is 11.5. The molecule has 0 bridgehead atoms. The molecule has 0 saturated carbocycles. The Morgan fingerprint density at radius 2 is 2.12 bits per heavy atom. The third kappa shape index (κ3) is 2.76. The van der Waals surface area contributed by atoms with Crippen LogP contribution >= 0.6 is 0 Å². The van der Waals surface area contributed by atoms with Crippen molar-refractivity contribution in [1.82, 2.24) is 5.32 Å². The van der Waals surface area contributed by atoms with E-state index in [1.807, 2.05) is 6.07 Å². The minimum absolute atomic E-state index is 0.750. The highest BCUT2D eigenvalue weighted by Gasteiger charge is 2.19. The van der Waals surface area contributed by atoms with E-state index in [9.17, 15) is 0 Å². The van der Waals surface area contributed by atoms with Crippen molar-refractivity contribution in [2.75, 3.05) is 20.2 Å². The van der Waals surface area contributed by atoms with Crippen molar-refractivity contribution in [3.8, 4) is 5.75 Å². The first-order valence-electron chi connectivity index (χ1n) is 6.12. The molecular formula is C14H21NO. The van der Waals surface area contributed by atoms with Gasteiger partial charge in [0.05, 0.1) is 7.11 Å². The number of hydrogen-bond donors (Lipinski definition) is 1. The minimum atomic E-state index is 0.750. The lowest BCUT2D eigenvalue weighted by molar-refractivity contribution is 0.298. The summed E-state index contributed by atoms with van der Waals surface area (Å²) >= 11 is 0. The summed E-state index contributed by atoms with van der Waals surface area (Å²) in [7, 11) is 1.75. The predicted octanol–water partition coefficient (Wildman–Crippen LogP) is 2.48. The summed E-state index contributed by atoms with van der Waals surface area (Å²) < 4.78 is 5.39. The zero-order valence-electron chi connectivity index (χ0n) is 10.2. The molecule has 1 heterocycles. The van der Waals surface area contributed by atoms with Gasteiger partial charge >= 0.3 is 0 Å². The lowest BCUT2D eigenvalue weighted by atomic mass is 9.87. The summed E-state index contributed by atoms with van der Waals surface area (Å²) in [5.74, 6) is 2.58. The van der Waals surface area contributed by atoms with E-state index < -0.39 is 0 Å². The van der Waals surface area contributed by atoms with Crippen LogP contribution in [0.25, 0.3) is 0 Å². The maximum Gasteiger partial charge on any atom is 0.122 e. The molecule has 88 valence electrons. The van der Waals surface area contributed by atoms with Crippen molar-refractivity contribution in [3.05, 3.63) is 29.8 Å². The van der Waals surface area contributed by atoms with Gasteiger partial charge in [-0.05, 0) is 49.4 Å². The Kier molecular flexibility index (Phi) is 3.83.